The molecule has 2 N–H and O–H groups in total. The molecule has 0 aromatic carbocycles. The van der Waals surface area contributed by atoms with Gasteiger partial charge in [-0.1, -0.05) is 13.8 Å². The van der Waals surface area contributed by atoms with Gasteiger partial charge in [0, 0.05) is 36.9 Å². The summed E-state index contributed by atoms with van der Waals surface area (Å²) in [5, 5.41) is 3.28. The van der Waals surface area contributed by atoms with Gasteiger partial charge in [0.2, 0.25) is 0 Å². The molecule has 0 aliphatic rings. The molecule has 0 atom stereocenters. The second-order valence-electron chi connectivity index (χ2n) is 4.77. The van der Waals surface area contributed by atoms with E-state index in [9.17, 15) is 8.42 Å². The largest absolute Gasteiger partial charge is 0.348 e. The van der Waals surface area contributed by atoms with E-state index in [2.05, 4.69) is 15.3 Å². The van der Waals surface area contributed by atoms with Crippen molar-refractivity contribution in [1.82, 2.24) is 19.6 Å². The normalized spacial score (nSPS) is 12.1. The van der Waals surface area contributed by atoms with E-state index in [1.165, 1.54) is 15.6 Å². The van der Waals surface area contributed by atoms with Crippen LogP contribution in [0.2, 0.25) is 0 Å². The zero-order valence-corrected chi connectivity index (χ0v) is 14.5. The highest BCUT2D eigenvalue weighted by atomic mass is 32.2. The van der Waals surface area contributed by atoms with E-state index in [0.29, 0.717) is 23.8 Å². The van der Waals surface area contributed by atoms with Crippen molar-refractivity contribution < 1.29 is 8.42 Å². The second kappa shape index (κ2) is 7.87. The molecule has 0 radical (unpaired) electrons. The van der Waals surface area contributed by atoms with Crippen molar-refractivity contribution in [3.63, 3.8) is 0 Å². The van der Waals surface area contributed by atoms with E-state index < -0.39 is 10.0 Å². The van der Waals surface area contributed by atoms with Crippen molar-refractivity contribution in [1.29, 1.82) is 0 Å². The molecule has 0 fully saturated rings. The van der Waals surface area contributed by atoms with E-state index in [4.69, 9.17) is 0 Å². The van der Waals surface area contributed by atoms with Crippen LogP contribution in [-0.2, 0) is 23.0 Å². The summed E-state index contributed by atoms with van der Waals surface area (Å²) >= 11 is 1.35. The Kier molecular flexibility index (Phi) is 6.13. The van der Waals surface area contributed by atoms with Crippen molar-refractivity contribution in [2.45, 2.75) is 31.0 Å². The van der Waals surface area contributed by atoms with Gasteiger partial charge >= 0.3 is 0 Å². The minimum atomic E-state index is -3.33. The van der Waals surface area contributed by atoms with E-state index in [0.717, 1.165) is 23.7 Å². The lowest BCUT2D eigenvalue weighted by molar-refractivity contribution is 0.447. The van der Waals surface area contributed by atoms with Crippen LogP contribution in [0.25, 0.3) is 0 Å². The first kappa shape index (κ1) is 17.1. The lowest BCUT2D eigenvalue weighted by Gasteiger charge is -2.16. The Labute approximate surface area is 135 Å². The van der Waals surface area contributed by atoms with Crippen LogP contribution >= 0.6 is 11.3 Å². The molecule has 0 unspecified atom stereocenters. The van der Waals surface area contributed by atoms with Gasteiger partial charge < -0.3 is 10.3 Å². The molecular weight excluding hydrogens is 320 g/mol. The number of aromatic nitrogens is 2. The molecule has 0 saturated carbocycles. The highest BCUT2D eigenvalue weighted by Gasteiger charge is 2.23. The number of nitrogens with one attached hydrogen (secondary N) is 2. The maximum Gasteiger partial charge on any atom is 0.252 e. The lowest BCUT2D eigenvalue weighted by atomic mass is 10.3. The number of sulfonamides is 1. The summed E-state index contributed by atoms with van der Waals surface area (Å²) in [5.74, 6) is 0.899. The number of nitrogens with zero attached hydrogens (tertiary/aromatic N) is 2. The molecule has 0 amide bonds. The first-order valence-electron chi connectivity index (χ1n) is 7.35. The molecule has 0 bridgehead atoms. The number of aromatic amines is 1. The monoisotopic (exact) mass is 342 g/mol. The Bertz CT molecular complexity index is 661. The number of thiophene rings is 1. The van der Waals surface area contributed by atoms with Crippen LogP contribution in [0.3, 0.4) is 0 Å². The number of H-pyrrole nitrogens is 1. The van der Waals surface area contributed by atoms with Crippen molar-refractivity contribution in [3.05, 3.63) is 35.2 Å². The fourth-order valence-electron chi connectivity index (χ4n) is 2.14. The third-order valence-electron chi connectivity index (χ3n) is 3.33. The average Bonchev–Trinajstić information content (AvgIpc) is 3.16. The first-order valence-corrected chi connectivity index (χ1v) is 9.61. The van der Waals surface area contributed by atoms with Gasteiger partial charge in [-0.05, 0) is 18.6 Å². The molecule has 2 aromatic rings. The van der Waals surface area contributed by atoms with Crippen LogP contribution < -0.4 is 5.32 Å². The molecule has 2 rings (SSSR count). The Balaban J connectivity index is 1.88. The molecule has 2 heterocycles. The predicted molar refractivity (Wildman–Crippen MR) is 88.4 cm³/mol. The van der Waals surface area contributed by atoms with Gasteiger partial charge in [0.15, 0.2) is 0 Å². The van der Waals surface area contributed by atoms with E-state index in [1.807, 2.05) is 19.9 Å². The Morgan fingerprint density at radius 3 is 2.73 bits per heavy atom. The summed E-state index contributed by atoms with van der Waals surface area (Å²) in [6.45, 7) is 6.17. The predicted octanol–water partition coefficient (Wildman–Crippen LogP) is 1.83. The maximum atomic E-state index is 12.4. The SMILES string of the molecule is CCN(CC)S(=O)(=O)c1ccc(CCNCc2ncc[nH]2)s1. The van der Waals surface area contributed by atoms with E-state index >= 15 is 0 Å². The standard InChI is InChI=1S/C14H22N4O2S2/c1-3-18(4-2)22(19,20)14-6-5-12(21-14)7-8-15-11-13-16-9-10-17-13/h5-6,9-10,15H,3-4,7-8,11H2,1-2H3,(H,16,17). The third kappa shape index (κ3) is 4.16. The molecule has 2 aromatic heterocycles. The zero-order chi connectivity index (χ0) is 16.0. The summed E-state index contributed by atoms with van der Waals surface area (Å²) in [4.78, 5) is 8.23. The van der Waals surface area contributed by atoms with E-state index in [-0.39, 0.29) is 0 Å². The second-order valence-corrected chi connectivity index (χ2v) is 8.11. The van der Waals surface area contributed by atoms with Gasteiger partial charge in [0.25, 0.3) is 10.0 Å². The fourth-order valence-corrected chi connectivity index (χ4v) is 5.10. The summed E-state index contributed by atoms with van der Waals surface area (Å²) < 4.78 is 26.7. The summed E-state index contributed by atoms with van der Waals surface area (Å²) in [7, 11) is -3.33. The van der Waals surface area contributed by atoms with Gasteiger partial charge in [0.1, 0.15) is 10.0 Å². The summed E-state index contributed by atoms with van der Waals surface area (Å²) in [5.41, 5.74) is 0. The Morgan fingerprint density at radius 1 is 1.32 bits per heavy atom. The van der Waals surface area contributed by atoms with Gasteiger partial charge in [-0.15, -0.1) is 11.3 Å². The van der Waals surface area contributed by atoms with Gasteiger partial charge in [-0.25, -0.2) is 13.4 Å². The zero-order valence-electron chi connectivity index (χ0n) is 12.9. The van der Waals surface area contributed by atoms with Crippen LogP contribution in [0.1, 0.15) is 24.5 Å². The topological polar surface area (TPSA) is 78.1 Å². The van der Waals surface area contributed by atoms with Crippen molar-refractivity contribution in [2.75, 3.05) is 19.6 Å². The summed E-state index contributed by atoms with van der Waals surface area (Å²) in [6, 6.07) is 3.61. The summed E-state index contributed by atoms with van der Waals surface area (Å²) in [6.07, 6.45) is 4.32. The van der Waals surface area contributed by atoms with Crippen molar-refractivity contribution in [2.24, 2.45) is 0 Å². The van der Waals surface area contributed by atoms with E-state index in [1.54, 1.807) is 18.5 Å². The quantitative estimate of drug-likeness (QED) is 0.682. The van der Waals surface area contributed by atoms with Crippen LogP contribution in [0.15, 0.2) is 28.7 Å². The number of hydrogen-bond acceptors (Lipinski definition) is 5. The highest BCUT2D eigenvalue weighted by molar-refractivity contribution is 7.91. The lowest BCUT2D eigenvalue weighted by Crippen LogP contribution is -2.29. The smallest absolute Gasteiger partial charge is 0.252 e. The molecular formula is C14H22N4O2S2. The van der Waals surface area contributed by atoms with Crippen LogP contribution in [0.5, 0.6) is 0 Å². The molecule has 0 aliphatic carbocycles. The maximum absolute atomic E-state index is 12.4. The minimum absolute atomic E-state index is 0.428. The van der Waals surface area contributed by atoms with Crippen LogP contribution in [0, 0.1) is 0 Å². The third-order valence-corrected chi connectivity index (χ3v) is 6.99. The van der Waals surface area contributed by atoms with Crippen LogP contribution in [0.4, 0.5) is 0 Å². The molecule has 122 valence electrons. The van der Waals surface area contributed by atoms with Gasteiger partial charge in [-0.3, -0.25) is 0 Å². The molecule has 6 nitrogen and oxygen atoms in total. The molecule has 0 saturated heterocycles. The molecule has 0 aliphatic heterocycles. The Morgan fingerprint density at radius 2 is 2.09 bits per heavy atom. The van der Waals surface area contributed by atoms with Crippen molar-refractivity contribution in [3.8, 4) is 0 Å². The Hall–Kier alpha value is -1.22. The number of imidazole rings is 1. The number of hydrogen-bond donors (Lipinski definition) is 2. The number of rotatable bonds is 9. The highest BCUT2D eigenvalue weighted by Crippen LogP contribution is 2.25. The fraction of sp³-hybridized carbons (Fsp3) is 0.500. The van der Waals surface area contributed by atoms with Crippen molar-refractivity contribution >= 4 is 21.4 Å². The molecule has 0 spiro atoms. The molecule has 8 heteroatoms. The first-order chi connectivity index (χ1) is 10.6. The van der Waals surface area contributed by atoms with Crippen LogP contribution in [-0.4, -0.2) is 42.3 Å². The molecule has 22 heavy (non-hydrogen) atoms. The average molecular weight is 342 g/mol. The van der Waals surface area contributed by atoms with Gasteiger partial charge in [-0.2, -0.15) is 4.31 Å². The minimum Gasteiger partial charge on any atom is -0.348 e. The van der Waals surface area contributed by atoms with Gasteiger partial charge in [0.05, 0.1) is 6.54 Å².